The van der Waals surface area contributed by atoms with Gasteiger partial charge in [0.05, 0.1) is 19.3 Å². The van der Waals surface area contributed by atoms with Gasteiger partial charge >= 0.3 is 6.09 Å². The number of hydrogen-bond donors (Lipinski definition) is 7. The molecule has 5 aromatic rings. The van der Waals surface area contributed by atoms with Crippen LogP contribution >= 0.6 is 0 Å². The number of rotatable bonds is 19. The number of aromatic hydroxyl groups is 1. The Labute approximate surface area is 363 Å². The first kappa shape index (κ1) is 46.6. The van der Waals surface area contributed by atoms with Crippen molar-refractivity contribution in [3.63, 3.8) is 0 Å². The molecule has 5 atom stereocenters. The standard InChI is InChI=1S/C49H59N5O8/c1-31(2)41(45(57)51-29-36-24-25-37(61-6)27-40(36)55)53-46(58)42(50-28-35-22-15-21-34-20-13-14-23-38(34)35)43(56)39(26-32-16-9-7-10-17-32)52-47(59)44(49(3,4)5)54-48(60)62-30-33-18-11-8-12-19-33/h7-25,27,31,39,41-44,50,55-56H,26,28-30H2,1-6H3,(H,51,57)(H,52,59)(H,53,58)(H,54,60)/t39-,41-,42+,43+,44+/m0/s1. The van der Waals surface area contributed by atoms with Gasteiger partial charge in [-0.1, -0.05) is 138 Å². The van der Waals surface area contributed by atoms with Crippen LogP contribution < -0.4 is 31.3 Å². The molecule has 4 amide bonds. The molecule has 0 unspecified atom stereocenters. The van der Waals surface area contributed by atoms with Gasteiger partial charge in [-0.15, -0.1) is 0 Å². The van der Waals surface area contributed by atoms with E-state index in [1.165, 1.54) is 13.2 Å². The molecule has 7 N–H and O–H groups in total. The predicted molar refractivity (Wildman–Crippen MR) is 239 cm³/mol. The molecule has 0 saturated heterocycles. The van der Waals surface area contributed by atoms with Gasteiger partial charge in [0.2, 0.25) is 17.7 Å². The normalized spacial score (nSPS) is 13.9. The summed E-state index contributed by atoms with van der Waals surface area (Å²) in [5.74, 6) is -1.77. The zero-order chi connectivity index (χ0) is 44.8. The zero-order valence-electron chi connectivity index (χ0n) is 36.2. The zero-order valence-corrected chi connectivity index (χ0v) is 36.2. The molecule has 0 fully saturated rings. The van der Waals surface area contributed by atoms with Crippen LogP contribution in [0.3, 0.4) is 0 Å². The smallest absolute Gasteiger partial charge is 0.408 e. The third kappa shape index (κ3) is 13.0. The number of hydrogen-bond acceptors (Lipinski definition) is 9. The van der Waals surface area contributed by atoms with Gasteiger partial charge in [-0.3, -0.25) is 19.7 Å². The van der Waals surface area contributed by atoms with Gasteiger partial charge in [0.25, 0.3) is 0 Å². The van der Waals surface area contributed by atoms with E-state index >= 15 is 0 Å². The molecule has 13 heteroatoms. The molecular formula is C49H59N5O8. The lowest BCUT2D eigenvalue weighted by molar-refractivity contribution is -0.134. The summed E-state index contributed by atoms with van der Waals surface area (Å²) in [6.07, 6.45) is -2.24. The van der Waals surface area contributed by atoms with Crippen LogP contribution in [0.2, 0.25) is 0 Å². The van der Waals surface area contributed by atoms with Crippen molar-refractivity contribution in [1.29, 1.82) is 0 Å². The summed E-state index contributed by atoms with van der Waals surface area (Å²) in [6, 6.07) is 32.2. The molecule has 0 aliphatic carbocycles. The van der Waals surface area contributed by atoms with E-state index < -0.39 is 59.5 Å². The lowest BCUT2D eigenvalue weighted by Crippen LogP contribution is -2.63. The van der Waals surface area contributed by atoms with Crippen molar-refractivity contribution in [1.82, 2.24) is 26.6 Å². The highest BCUT2D eigenvalue weighted by Crippen LogP contribution is 2.24. The highest BCUT2D eigenvalue weighted by molar-refractivity contribution is 5.91. The molecule has 5 aromatic carbocycles. The predicted octanol–water partition coefficient (Wildman–Crippen LogP) is 5.90. The number of phenolic OH excluding ortho intramolecular Hbond substituents is 1. The number of alkyl carbamates (subject to hydrolysis) is 1. The number of ether oxygens (including phenoxy) is 2. The molecule has 0 aliphatic heterocycles. The van der Waals surface area contributed by atoms with E-state index in [0.717, 1.165) is 27.5 Å². The van der Waals surface area contributed by atoms with E-state index in [-0.39, 0.29) is 37.8 Å². The minimum Gasteiger partial charge on any atom is -0.507 e. The molecule has 0 bridgehead atoms. The number of aliphatic hydroxyl groups is 1. The molecule has 0 heterocycles. The summed E-state index contributed by atoms with van der Waals surface area (Å²) in [6.45, 7) is 9.09. The van der Waals surface area contributed by atoms with Crippen molar-refractivity contribution < 1.29 is 38.9 Å². The van der Waals surface area contributed by atoms with E-state index in [2.05, 4.69) is 26.6 Å². The van der Waals surface area contributed by atoms with E-state index in [1.54, 1.807) is 46.8 Å². The number of amides is 4. The van der Waals surface area contributed by atoms with Gasteiger partial charge in [0.1, 0.15) is 36.2 Å². The number of carbonyl (C=O) groups is 4. The summed E-state index contributed by atoms with van der Waals surface area (Å²) in [4.78, 5) is 55.8. The quantitative estimate of drug-likeness (QED) is 0.0532. The van der Waals surface area contributed by atoms with Gasteiger partial charge in [-0.25, -0.2) is 4.79 Å². The van der Waals surface area contributed by atoms with Crippen molar-refractivity contribution in [3.8, 4) is 11.5 Å². The molecule has 62 heavy (non-hydrogen) atoms. The van der Waals surface area contributed by atoms with Gasteiger partial charge in [-0.05, 0) is 57.3 Å². The van der Waals surface area contributed by atoms with Crippen LogP contribution in [0.15, 0.2) is 121 Å². The minimum atomic E-state index is -1.56. The Kier molecular flexibility index (Phi) is 16.5. The van der Waals surface area contributed by atoms with Crippen molar-refractivity contribution >= 4 is 34.6 Å². The summed E-state index contributed by atoms with van der Waals surface area (Å²) in [5.41, 5.74) is 2.06. The first-order chi connectivity index (χ1) is 29.6. The van der Waals surface area contributed by atoms with Crippen LogP contribution in [0.25, 0.3) is 10.8 Å². The maximum atomic E-state index is 14.6. The van der Waals surface area contributed by atoms with Crippen LogP contribution in [-0.2, 0) is 45.2 Å². The first-order valence-corrected chi connectivity index (χ1v) is 20.8. The second kappa shape index (κ2) is 21.9. The third-order valence-electron chi connectivity index (χ3n) is 10.7. The summed E-state index contributed by atoms with van der Waals surface area (Å²) in [5, 5.41) is 39.5. The minimum absolute atomic E-state index is 0.000981. The average molecular weight is 846 g/mol. The van der Waals surface area contributed by atoms with Gasteiger partial charge < -0.3 is 41.0 Å². The van der Waals surface area contributed by atoms with Crippen LogP contribution in [0.4, 0.5) is 4.79 Å². The van der Waals surface area contributed by atoms with Gasteiger partial charge in [0.15, 0.2) is 0 Å². The maximum Gasteiger partial charge on any atom is 0.408 e. The van der Waals surface area contributed by atoms with Crippen LogP contribution in [0.1, 0.15) is 56.9 Å². The SMILES string of the molecule is COc1ccc(CNC(=O)[C@@H](NC(=O)[C@H](NCc2cccc3ccccc23)[C@H](O)[C@H](Cc2ccccc2)NC(=O)[C@@H](NC(=O)OCc2ccccc2)C(C)(C)C)C(C)C)c(O)c1. The lowest BCUT2D eigenvalue weighted by atomic mass is 9.85. The monoisotopic (exact) mass is 845 g/mol. The van der Waals surface area contributed by atoms with Gasteiger partial charge in [-0.2, -0.15) is 0 Å². The number of phenols is 1. The molecular weight excluding hydrogens is 787 g/mol. The van der Waals surface area contributed by atoms with E-state index in [9.17, 15) is 29.4 Å². The number of methoxy groups -OCH3 is 1. The second-order valence-corrected chi connectivity index (χ2v) is 16.7. The highest BCUT2D eigenvalue weighted by atomic mass is 16.5. The molecule has 0 radical (unpaired) electrons. The number of fused-ring (bicyclic) bond motifs is 1. The fourth-order valence-electron chi connectivity index (χ4n) is 7.11. The molecule has 0 aromatic heterocycles. The van der Waals surface area contributed by atoms with Crippen molar-refractivity contribution in [2.24, 2.45) is 11.3 Å². The summed E-state index contributed by atoms with van der Waals surface area (Å²) >= 11 is 0. The fraction of sp³-hybridized carbons (Fsp3) is 0.347. The maximum absolute atomic E-state index is 14.6. The Morgan fingerprint density at radius 1 is 0.677 bits per heavy atom. The topological polar surface area (TPSA) is 187 Å². The Bertz CT molecular complexity index is 2260. The lowest BCUT2D eigenvalue weighted by Gasteiger charge is -2.35. The summed E-state index contributed by atoms with van der Waals surface area (Å²) in [7, 11) is 1.48. The van der Waals surface area contributed by atoms with Gasteiger partial charge in [0, 0.05) is 24.7 Å². The molecule has 0 aliphatic rings. The summed E-state index contributed by atoms with van der Waals surface area (Å²) < 4.78 is 10.6. The Morgan fingerprint density at radius 3 is 1.97 bits per heavy atom. The first-order valence-electron chi connectivity index (χ1n) is 20.8. The number of aliphatic hydroxyl groups excluding tert-OH is 1. The largest absolute Gasteiger partial charge is 0.507 e. The molecule has 5 rings (SSSR count). The average Bonchev–Trinajstić information content (AvgIpc) is 3.26. The van der Waals surface area contributed by atoms with E-state index in [1.807, 2.05) is 103 Å². The Balaban J connectivity index is 1.43. The fourth-order valence-corrected chi connectivity index (χ4v) is 7.11. The molecule has 13 nitrogen and oxygen atoms in total. The van der Waals surface area contributed by atoms with Crippen molar-refractivity contribution in [2.75, 3.05) is 7.11 Å². The molecule has 328 valence electrons. The highest BCUT2D eigenvalue weighted by Gasteiger charge is 2.40. The second-order valence-electron chi connectivity index (χ2n) is 16.7. The molecule has 0 saturated carbocycles. The van der Waals surface area contributed by atoms with Crippen LogP contribution in [0.5, 0.6) is 11.5 Å². The van der Waals surface area contributed by atoms with E-state index in [0.29, 0.717) is 11.3 Å². The Morgan fingerprint density at radius 2 is 1.32 bits per heavy atom. The van der Waals surface area contributed by atoms with Crippen molar-refractivity contribution in [2.45, 2.75) is 91.0 Å². The number of carbonyl (C=O) groups excluding carboxylic acids is 4. The number of nitrogens with one attached hydrogen (secondary N) is 5. The van der Waals surface area contributed by atoms with Crippen molar-refractivity contribution in [3.05, 3.63) is 144 Å². The number of benzene rings is 5. The Hall–Kier alpha value is -6.44. The van der Waals surface area contributed by atoms with E-state index in [4.69, 9.17) is 9.47 Å². The third-order valence-corrected chi connectivity index (χ3v) is 10.7. The van der Waals surface area contributed by atoms with Crippen LogP contribution in [-0.4, -0.2) is 71.4 Å². The molecule has 0 spiro atoms. The van der Waals surface area contributed by atoms with Crippen LogP contribution in [0, 0.1) is 11.3 Å².